The molecule has 132 valence electrons. The molecular weight excluding hydrogens is 374 g/mol. The Morgan fingerprint density at radius 1 is 1.04 bits per heavy atom. The van der Waals surface area contributed by atoms with Gasteiger partial charge < -0.3 is 9.15 Å². The normalized spacial score (nSPS) is 11.5. The van der Waals surface area contributed by atoms with Gasteiger partial charge in [0.25, 0.3) is 15.9 Å². The average molecular weight is 387 g/mol. The summed E-state index contributed by atoms with van der Waals surface area (Å²) < 4.78 is 38.6. The van der Waals surface area contributed by atoms with Crippen molar-refractivity contribution in [3.63, 3.8) is 0 Å². The van der Waals surface area contributed by atoms with Crippen LogP contribution in [-0.4, -0.2) is 18.4 Å². The molecule has 3 heterocycles. The van der Waals surface area contributed by atoms with Gasteiger partial charge in [0.2, 0.25) is 5.82 Å². The highest BCUT2D eigenvalue weighted by molar-refractivity contribution is 7.94. The lowest BCUT2D eigenvalue weighted by Crippen LogP contribution is -2.14. The lowest BCUT2D eigenvalue weighted by Gasteiger charge is -2.12. The van der Waals surface area contributed by atoms with E-state index in [1.54, 1.807) is 41.8 Å². The Labute approximate surface area is 153 Å². The van der Waals surface area contributed by atoms with Crippen molar-refractivity contribution in [2.75, 3.05) is 4.72 Å². The molecule has 0 saturated carbocycles. The maximum Gasteiger partial charge on any atom is 0.272 e. The van der Waals surface area contributed by atoms with Crippen LogP contribution in [-0.2, 0) is 16.6 Å². The monoisotopic (exact) mass is 387 g/mol. The fourth-order valence-corrected chi connectivity index (χ4v) is 4.27. The molecule has 1 N–H and O–H groups in total. The van der Waals surface area contributed by atoms with Crippen molar-refractivity contribution in [3.8, 4) is 5.88 Å². The highest BCUT2D eigenvalue weighted by Crippen LogP contribution is 2.27. The van der Waals surface area contributed by atoms with Crippen LogP contribution in [0.25, 0.3) is 11.0 Å². The first-order valence-electron chi connectivity index (χ1n) is 7.60. The van der Waals surface area contributed by atoms with Gasteiger partial charge in [0.15, 0.2) is 0 Å². The van der Waals surface area contributed by atoms with E-state index in [1.807, 2.05) is 6.07 Å². The number of thiophene rings is 1. The molecule has 26 heavy (non-hydrogen) atoms. The first-order valence-corrected chi connectivity index (χ1v) is 9.96. The molecule has 0 atom stereocenters. The Morgan fingerprint density at radius 2 is 1.85 bits per heavy atom. The van der Waals surface area contributed by atoms with E-state index < -0.39 is 10.0 Å². The number of sulfonamides is 1. The van der Waals surface area contributed by atoms with Crippen LogP contribution in [0.4, 0.5) is 5.82 Å². The Kier molecular flexibility index (Phi) is 4.31. The number of hydrogen-bond acceptors (Lipinski definition) is 7. The quantitative estimate of drug-likeness (QED) is 0.542. The topological polar surface area (TPSA) is 94.3 Å². The fraction of sp³-hybridized carbons (Fsp3) is 0.0588. The summed E-state index contributed by atoms with van der Waals surface area (Å²) in [6, 6.07) is 13.8. The van der Waals surface area contributed by atoms with Gasteiger partial charge >= 0.3 is 0 Å². The summed E-state index contributed by atoms with van der Waals surface area (Å²) in [4.78, 5) is 8.76. The van der Waals surface area contributed by atoms with E-state index in [-0.39, 0.29) is 22.5 Å². The summed E-state index contributed by atoms with van der Waals surface area (Å²) in [5.74, 6) is 0.705. The molecular formula is C17H13N3O4S2. The molecule has 0 spiro atoms. The number of benzene rings is 1. The largest absolute Gasteiger partial charge is 0.467 e. The first-order chi connectivity index (χ1) is 12.6. The maximum absolute atomic E-state index is 12.5. The third kappa shape index (κ3) is 3.39. The molecule has 0 unspecified atom stereocenters. The number of hydrogen-bond donors (Lipinski definition) is 1. The third-order valence-electron chi connectivity index (χ3n) is 3.46. The lowest BCUT2D eigenvalue weighted by atomic mass is 10.3. The molecule has 3 aromatic heterocycles. The number of fused-ring (bicyclic) bond motifs is 1. The fourth-order valence-electron chi connectivity index (χ4n) is 2.28. The van der Waals surface area contributed by atoms with E-state index in [0.717, 1.165) is 11.3 Å². The molecule has 0 aliphatic rings. The van der Waals surface area contributed by atoms with Crippen molar-refractivity contribution in [2.45, 2.75) is 10.8 Å². The van der Waals surface area contributed by atoms with E-state index in [2.05, 4.69) is 14.7 Å². The van der Waals surface area contributed by atoms with Gasteiger partial charge in [-0.2, -0.15) is 0 Å². The van der Waals surface area contributed by atoms with Crippen LogP contribution in [0.15, 0.2) is 68.8 Å². The smallest absolute Gasteiger partial charge is 0.272 e. The van der Waals surface area contributed by atoms with E-state index in [9.17, 15) is 8.42 Å². The molecule has 0 bridgehead atoms. The number of nitrogens with zero attached hydrogens (tertiary/aromatic N) is 2. The van der Waals surface area contributed by atoms with Gasteiger partial charge in [-0.05, 0) is 35.7 Å². The molecule has 0 amide bonds. The Balaban J connectivity index is 1.72. The zero-order valence-electron chi connectivity index (χ0n) is 13.3. The highest BCUT2D eigenvalue weighted by atomic mass is 32.2. The van der Waals surface area contributed by atoms with Gasteiger partial charge in [-0.15, -0.1) is 11.3 Å². The Bertz CT molecular complexity index is 1120. The molecule has 0 fully saturated rings. The molecule has 1 aromatic carbocycles. The predicted octanol–water partition coefficient (Wildman–Crippen LogP) is 3.66. The zero-order chi connectivity index (χ0) is 18.0. The Hall–Kier alpha value is -2.91. The summed E-state index contributed by atoms with van der Waals surface area (Å²) in [7, 11) is -3.77. The van der Waals surface area contributed by atoms with Crippen LogP contribution in [0.2, 0.25) is 0 Å². The van der Waals surface area contributed by atoms with Crippen LogP contribution in [0.1, 0.15) is 5.76 Å². The number of para-hydroxylation sites is 2. The zero-order valence-corrected chi connectivity index (χ0v) is 15.0. The minimum atomic E-state index is -3.77. The van der Waals surface area contributed by atoms with Crippen LogP contribution < -0.4 is 9.46 Å². The molecule has 0 saturated heterocycles. The summed E-state index contributed by atoms with van der Waals surface area (Å²) in [6.45, 7) is 0.105. The molecule has 0 radical (unpaired) electrons. The van der Waals surface area contributed by atoms with Crippen LogP contribution >= 0.6 is 11.3 Å². The molecule has 0 aliphatic heterocycles. The van der Waals surface area contributed by atoms with Crippen molar-refractivity contribution < 1.29 is 17.6 Å². The van der Waals surface area contributed by atoms with E-state index in [1.165, 1.54) is 12.3 Å². The molecule has 4 aromatic rings. The van der Waals surface area contributed by atoms with Crippen molar-refractivity contribution >= 4 is 38.2 Å². The summed E-state index contributed by atoms with van der Waals surface area (Å²) in [6.07, 6.45) is 1.53. The molecule has 7 nitrogen and oxygen atoms in total. The third-order valence-corrected chi connectivity index (χ3v) is 6.20. The van der Waals surface area contributed by atoms with Gasteiger partial charge in [-0.25, -0.2) is 18.4 Å². The number of rotatable bonds is 6. The van der Waals surface area contributed by atoms with Crippen LogP contribution in [0.5, 0.6) is 5.88 Å². The number of anilines is 1. The van der Waals surface area contributed by atoms with E-state index in [0.29, 0.717) is 16.8 Å². The van der Waals surface area contributed by atoms with Crippen LogP contribution in [0.3, 0.4) is 0 Å². The molecule has 9 heteroatoms. The second-order valence-corrected chi connectivity index (χ2v) is 8.13. The lowest BCUT2D eigenvalue weighted by molar-refractivity contribution is 0.262. The van der Waals surface area contributed by atoms with Gasteiger partial charge in [-0.1, -0.05) is 18.2 Å². The van der Waals surface area contributed by atoms with Gasteiger partial charge in [-0.3, -0.25) is 4.72 Å². The van der Waals surface area contributed by atoms with E-state index >= 15 is 0 Å². The summed E-state index contributed by atoms with van der Waals surface area (Å²) >= 11 is 1.12. The van der Waals surface area contributed by atoms with Crippen molar-refractivity contribution in [1.29, 1.82) is 0 Å². The number of aromatic nitrogens is 2. The highest BCUT2D eigenvalue weighted by Gasteiger charge is 2.20. The average Bonchev–Trinajstić information content (AvgIpc) is 3.33. The number of furan rings is 1. The molecule has 0 aliphatic carbocycles. The maximum atomic E-state index is 12.5. The minimum Gasteiger partial charge on any atom is -0.467 e. The SMILES string of the molecule is O=S(=O)(Nc1nc2ccccc2nc1OCc1ccco1)c1cccs1. The second-order valence-electron chi connectivity index (χ2n) is 5.27. The van der Waals surface area contributed by atoms with E-state index in [4.69, 9.17) is 9.15 Å². The van der Waals surface area contributed by atoms with Gasteiger partial charge in [0, 0.05) is 0 Å². The predicted molar refractivity (Wildman–Crippen MR) is 97.7 cm³/mol. The second kappa shape index (κ2) is 6.77. The number of nitrogens with one attached hydrogen (secondary N) is 1. The van der Waals surface area contributed by atoms with Gasteiger partial charge in [0.1, 0.15) is 16.6 Å². The minimum absolute atomic E-state index is 0.0312. The summed E-state index contributed by atoms with van der Waals surface area (Å²) in [5, 5.41) is 1.69. The first kappa shape index (κ1) is 16.6. The Morgan fingerprint density at radius 3 is 2.54 bits per heavy atom. The van der Waals surface area contributed by atoms with Crippen molar-refractivity contribution in [2.24, 2.45) is 0 Å². The number of ether oxygens (including phenoxy) is 1. The van der Waals surface area contributed by atoms with Crippen molar-refractivity contribution in [1.82, 2.24) is 9.97 Å². The van der Waals surface area contributed by atoms with Crippen molar-refractivity contribution in [3.05, 3.63) is 65.9 Å². The summed E-state index contributed by atoms with van der Waals surface area (Å²) in [5.41, 5.74) is 1.16. The standard InChI is InChI=1S/C17H13N3O4S2/c21-26(22,15-8-4-10-25-15)20-16-17(24-11-12-5-3-9-23-12)19-14-7-2-1-6-13(14)18-16/h1-10H,11H2,(H,18,20). The molecule has 4 rings (SSSR count). The van der Waals surface area contributed by atoms with Crippen LogP contribution in [0, 0.1) is 0 Å². The van der Waals surface area contributed by atoms with Gasteiger partial charge in [0.05, 0.1) is 17.3 Å².